The van der Waals surface area contributed by atoms with Crippen LogP contribution < -0.4 is 11.1 Å². The Morgan fingerprint density at radius 1 is 1.50 bits per heavy atom. The number of aromatic nitrogens is 1. The van der Waals surface area contributed by atoms with E-state index in [0.29, 0.717) is 36.6 Å². The van der Waals surface area contributed by atoms with E-state index in [1.54, 1.807) is 19.3 Å². The normalized spacial score (nSPS) is 10.2. The highest BCUT2D eigenvalue weighted by Crippen LogP contribution is 2.20. The van der Waals surface area contributed by atoms with Gasteiger partial charge in [0.15, 0.2) is 0 Å². The summed E-state index contributed by atoms with van der Waals surface area (Å²) in [5.74, 6) is 0.904. The van der Waals surface area contributed by atoms with E-state index in [4.69, 9.17) is 14.9 Å². The molecule has 0 radical (unpaired) electrons. The molecule has 2 aromatic heterocycles. The maximum atomic E-state index is 11.7. The van der Waals surface area contributed by atoms with Crippen LogP contribution in [-0.4, -0.2) is 24.1 Å². The number of nitrogen functional groups attached to an aromatic ring is 1. The Bertz CT molecular complexity index is 567. The molecule has 2 heterocycles. The van der Waals surface area contributed by atoms with Gasteiger partial charge in [0.25, 0.3) is 0 Å². The van der Waals surface area contributed by atoms with Gasteiger partial charge in [0.2, 0.25) is 0 Å². The van der Waals surface area contributed by atoms with Crippen LogP contribution in [0.5, 0.6) is 0 Å². The lowest BCUT2D eigenvalue weighted by Crippen LogP contribution is -2.13. The highest BCUT2D eigenvalue weighted by atomic mass is 16.5. The van der Waals surface area contributed by atoms with Crippen molar-refractivity contribution >= 4 is 17.5 Å². The summed E-state index contributed by atoms with van der Waals surface area (Å²) in [6.07, 6.45) is 3.86. The van der Waals surface area contributed by atoms with E-state index in [2.05, 4.69) is 10.3 Å². The molecule has 0 unspecified atom stereocenters. The smallest absolute Gasteiger partial charge is 0.340 e. The lowest BCUT2D eigenvalue weighted by molar-refractivity contribution is 0.0527. The lowest BCUT2D eigenvalue weighted by atomic mass is 10.2. The van der Waals surface area contributed by atoms with Gasteiger partial charge in [0.1, 0.15) is 11.6 Å². The number of pyridine rings is 1. The number of esters is 1. The molecule has 106 valence electrons. The van der Waals surface area contributed by atoms with Gasteiger partial charge in [-0.1, -0.05) is 0 Å². The van der Waals surface area contributed by atoms with Crippen molar-refractivity contribution in [2.24, 2.45) is 0 Å². The fourth-order valence-corrected chi connectivity index (χ4v) is 1.76. The number of nitrogens with one attached hydrogen (secondary N) is 1. The van der Waals surface area contributed by atoms with E-state index in [-0.39, 0.29) is 0 Å². The molecule has 0 aromatic carbocycles. The predicted octanol–water partition coefficient (Wildman–Crippen LogP) is 2.09. The summed E-state index contributed by atoms with van der Waals surface area (Å²) in [4.78, 5) is 15.8. The highest BCUT2D eigenvalue weighted by Gasteiger charge is 2.14. The monoisotopic (exact) mass is 275 g/mol. The predicted molar refractivity (Wildman–Crippen MR) is 75.5 cm³/mol. The second-order valence-corrected chi connectivity index (χ2v) is 4.10. The quantitative estimate of drug-likeness (QED) is 0.784. The summed E-state index contributed by atoms with van der Waals surface area (Å²) in [6, 6.07) is 5.28. The standard InChI is InChI=1S/C14H17N3O3/c1-2-19-14(18)11-6-8-17-13(12(11)15)16-7-5-10-4-3-9-20-10/h3-4,6,8-9H,2,5,7,15H2,1H3,(H,16,17). The minimum Gasteiger partial charge on any atom is -0.469 e. The zero-order valence-electron chi connectivity index (χ0n) is 11.3. The Hall–Kier alpha value is -2.50. The first-order valence-electron chi connectivity index (χ1n) is 6.40. The maximum absolute atomic E-state index is 11.7. The van der Waals surface area contributed by atoms with Crippen molar-refractivity contribution in [3.8, 4) is 0 Å². The third-order valence-corrected chi connectivity index (χ3v) is 2.73. The molecule has 0 atom stereocenters. The number of carbonyl (C=O) groups excluding carboxylic acids is 1. The molecule has 20 heavy (non-hydrogen) atoms. The summed E-state index contributed by atoms with van der Waals surface area (Å²) in [7, 11) is 0. The molecule has 0 spiro atoms. The van der Waals surface area contributed by atoms with Crippen LogP contribution in [0.2, 0.25) is 0 Å². The third-order valence-electron chi connectivity index (χ3n) is 2.73. The number of ether oxygens (including phenoxy) is 1. The van der Waals surface area contributed by atoms with Gasteiger partial charge < -0.3 is 20.2 Å². The van der Waals surface area contributed by atoms with Crippen LogP contribution in [0.4, 0.5) is 11.5 Å². The van der Waals surface area contributed by atoms with Gasteiger partial charge in [-0.2, -0.15) is 0 Å². The van der Waals surface area contributed by atoms with Crippen molar-refractivity contribution in [1.82, 2.24) is 4.98 Å². The molecule has 3 N–H and O–H groups in total. The number of hydrogen-bond donors (Lipinski definition) is 2. The van der Waals surface area contributed by atoms with Gasteiger partial charge in [-0.15, -0.1) is 0 Å². The molecule has 6 nitrogen and oxygen atoms in total. The molecule has 0 saturated heterocycles. The minimum absolute atomic E-state index is 0.297. The zero-order valence-corrected chi connectivity index (χ0v) is 11.3. The van der Waals surface area contributed by atoms with E-state index in [1.165, 1.54) is 6.20 Å². The number of rotatable bonds is 6. The zero-order chi connectivity index (χ0) is 14.4. The summed E-state index contributed by atoms with van der Waals surface area (Å²) in [5.41, 5.74) is 6.54. The Morgan fingerprint density at radius 3 is 3.05 bits per heavy atom. The van der Waals surface area contributed by atoms with Crippen LogP contribution in [0.3, 0.4) is 0 Å². The molecule has 2 aromatic rings. The van der Waals surface area contributed by atoms with Crippen LogP contribution in [0, 0.1) is 0 Å². The number of nitrogens with zero attached hydrogens (tertiary/aromatic N) is 1. The molecule has 0 aliphatic rings. The van der Waals surface area contributed by atoms with Gasteiger partial charge in [0.05, 0.1) is 24.1 Å². The molecule has 0 aliphatic carbocycles. The van der Waals surface area contributed by atoms with E-state index in [0.717, 1.165) is 5.76 Å². The van der Waals surface area contributed by atoms with E-state index < -0.39 is 5.97 Å². The first-order valence-corrected chi connectivity index (χ1v) is 6.40. The van der Waals surface area contributed by atoms with E-state index in [9.17, 15) is 4.79 Å². The number of anilines is 2. The largest absolute Gasteiger partial charge is 0.469 e. The summed E-state index contributed by atoms with van der Waals surface area (Å²) in [6.45, 7) is 2.66. The van der Waals surface area contributed by atoms with Crippen molar-refractivity contribution < 1.29 is 13.9 Å². The third kappa shape index (κ3) is 3.28. The van der Waals surface area contributed by atoms with E-state index >= 15 is 0 Å². The molecular formula is C14H17N3O3. The molecular weight excluding hydrogens is 258 g/mol. The van der Waals surface area contributed by atoms with Crippen molar-refractivity contribution in [1.29, 1.82) is 0 Å². The van der Waals surface area contributed by atoms with Gasteiger partial charge in [-0.25, -0.2) is 9.78 Å². The first-order chi connectivity index (χ1) is 9.72. The number of hydrogen-bond acceptors (Lipinski definition) is 6. The summed E-state index contributed by atoms with van der Waals surface area (Å²) in [5, 5.41) is 3.08. The fraction of sp³-hybridized carbons (Fsp3) is 0.286. The van der Waals surface area contributed by atoms with Crippen LogP contribution in [0.15, 0.2) is 35.1 Å². The van der Waals surface area contributed by atoms with Gasteiger partial charge >= 0.3 is 5.97 Å². The van der Waals surface area contributed by atoms with E-state index in [1.807, 2.05) is 12.1 Å². The molecule has 0 aliphatic heterocycles. The molecule has 2 rings (SSSR count). The lowest BCUT2D eigenvalue weighted by Gasteiger charge is -2.10. The van der Waals surface area contributed by atoms with Gasteiger partial charge in [-0.05, 0) is 25.1 Å². The van der Waals surface area contributed by atoms with Crippen LogP contribution in [0.1, 0.15) is 23.0 Å². The number of furan rings is 1. The average Bonchev–Trinajstić information content (AvgIpc) is 2.94. The Morgan fingerprint density at radius 2 is 2.35 bits per heavy atom. The van der Waals surface area contributed by atoms with Gasteiger partial charge in [0, 0.05) is 19.2 Å². The minimum atomic E-state index is -0.443. The average molecular weight is 275 g/mol. The van der Waals surface area contributed by atoms with Crippen molar-refractivity contribution in [2.45, 2.75) is 13.3 Å². The van der Waals surface area contributed by atoms with Crippen LogP contribution >= 0.6 is 0 Å². The van der Waals surface area contributed by atoms with Crippen LogP contribution in [0.25, 0.3) is 0 Å². The second-order valence-electron chi connectivity index (χ2n) is 4.10. The maximum Gasteiger partial charge on any atom is 0.340 e. The highest BCUT2D eigenvalue weighted by molar-refractivity contribution is 5.97. The van der Waals surface area contributed by atoms with Gasteiger partial charge in [-0.3, -0.25) is 0 Å². The Balaban J connectivity index is 2.01. The van der Waals surface area contributed by atoms with Crippen molar-refractivity contribution in [2.75, 3.05) is 24.2 Å². The summed E-state index contributed by atoms with van der Waals surface area (Å²) >= 11 is 0. The summed E-state index contributed by atoms with van der Waals surface area (Å²) < 4.78 is 10.2. The Labute approximate surface area is 116 Å². The molecule has 0 bridgehead atoms. The first kappa shape index (κ1) is 13.9. The van der Waals surface area contributed by atoms with Crippen LogP contribution in [-0.2, 0) is 11.2 Å². The number of carbonyl (C=O) groups is 1. The topological polar surface area (TPSA) is 90.4 Å². The molecule has 0 amide bonds. The van der Waals surface area contributed by atoms with Crippen molar-refractivity contribution in [3.63, 3.8) is 0 Å². The number of nitrogens with two attached hydrogens (primary N) is 1. The molecule has 6 heteroatoms. The van der Waals surface area contributed by atoms with Crippen molar-refractivity contribution in [3.05, 3.63) is 42.0 Å². The molecule has 0 saturated carbocycles. The fourth-order valence-electron chi connectivity index (χ4n) is 1.76. The molecule has 0 fully saturated rings. The Kier molecular flexibility index (Phi) is 4.60. The second kappa shape index (κ2) is 6.60. The SMILES string of the molecule is CCOC(=O)c1ccnc(NCCc2ccco2)c1N.